The van der Waals surface area contributed by atoms with E-state index in [2.05, 4.69) is 4.98 Å². The maximum atomic E-state index is 14.2. The zero-order valence-electron chi connectivity index (χ0n) is 10.6. The molecule has 0 saturated heterocycles. The molecule has 100 valence electrons. The van der Waals surface area contributed by atoms with Crippen molar-refractivity contribution >= 4 is 23.3 Å². The molecule has 0 aliphatic rings. The maximum absolute atomic E-state index is 14.2. The van der Waals surface area contributed by atoms with Crippen molar-refractivity contribution in [1.29, 1.82) is 10.5 Å². The molecule has 4 nitrogen and oxygen atoms in total. The van der Waals surface area contributed by atoms with E-state index < -0.39 is 5.82 Å². The average molecular weight is 294 g/mol. The second kappa shape index (κ2) is 4.86. The molecule has 1 heterocycles. The van der Waals surface area contributed by atoms with Crippen LogP contribution in [0.1, 0.15) is 11.1 Å². The molecule has 0 unspecified atom stereocenters. The summed E-state index contributed by atoms with van der Waals surface area (Å²) in [5.74, 6) is -0.548. The van der Waals surface area contributed by atoms with Crippen LogP contribution in [0.5, 0.6) is 0 Å². The van der Waals surface area contributed by atoms with Crippen LogP contribution in [-0.2, 0) is 0 Å². The number of nitrogens with one attached hydrogen (secondary N) is 1. The van der Waals surface area contributed by atoms with Crippen LogP contribution in [0.2, 0.25) is 0 Å². The highest BCUT2D eigenvalue weighted by molar-refractivity contribution is 7.71. The van der Waals surface area contributed by atoms with Crippen LogP contribution in [0, 0.1) is 33.3 Å². The molecule has 3 aromatic rings. The minimum atomic E-state index is -0.548. The van der Waals surface area contributed by atoms with E-state index >= 15 is 0 Å². The Morgan fingerprint density at radius 1 is 1.05 bits per heavy atom. The van der Waals surface area contributed by atoms with E-state index in [0.29, 0.717) is 21.4 Å². The molecule has 2 aromatic carbocycles. The van der Waals surface area contributed by atoms with Crippen LogP contribution >= 0.6 is 12.2 Å². The SMILES string of the molecule is N#Cc1ccc(-n2c(=S)[nH]c3ccc(C#N)cc32)c(F)c1. The summed E-state index contributed by atoms with van der Waals surface area (Å²) in [6.07, 6.45) is 0. The number of aromatic nitrogens is 2. The quantitative estimate of drug-likeness (QED) is 0.698. The van der Waals surface area contributed by atoms with E-state index in [1.807, 2.05) is 12.1 Å². The summed E-state index contributed by atoms with van der Waals surface area (Å²) in [6.45, 7) is 0. The number of fused-ring (bicyclic) bond motifs is 1. The first-order valence-electron chi connectivity index (χ1n) is 5.99. The van der Waals surface area contributed by atoms with Crippen molar-refractivity contribution in [2.45, 2.75) is 0 Å². The molecule has 0 radical (unpaired) electrons. The second-order valence-electron chi connectivity index (χ2n) is 4.39. The van der Waals surface area contributed by atoms with E-state index in [1.165, 1.54) is 16.7 Å². The highest BCUT2D eigenvalue weighted by Crippen LogP contribution is 2.23. The number of hydrogen-bond acceptors (Lipinski definition) is 3. The van der Waals surface area contributed by atoms with Crippen molar-refractivity contribution in [3.05, 3.63) is 58.1 Å². The van der Waals surface area contributed by atoms with E-state index in [4.69, 9.17) is 22.7 Å². The number of H-pyrrole nitrogens is 1. The normalized spacial score (nSPS) is 10.2. The number of hydrogen-bond donors (Lipinski definition) is 1. The Bertz CT molecular complexity index is 1000. The third kappa shape index (κ3) is 2.08. The molecule has 0 atom stereocenters. The van der Waals surface area contributed by atoms with E-state index in [1.54, 1.807) is 18.2 Å². The molecule has 0 bridgehead atoms. The lowest BCUT2D eigenvalue weighted by Gasteiger charge is -2.06. The Balaban J connectivity index is 2.35. The number of nitriles is 2. The summed E-state index contributed by atoms with van der Waals surface area (Å²) in [6, 6.07) is 13.1. The van der Waals surface area contributed by atoms with Crippen LogP contribution in [0.4, 0.5) is 4.39 Å². The summed E-state index contributed by atoms with van der Waals surface area (Å²) in [5, 5.41) is 17.8. The standard InChI is InChI=1S/C15H7FN4S/c16-11-5-9(7-17)2-4-13(11)20-14-6-10(8-18)1-3-12(14)19-15(20)21/h1-6H,(H,19,21). The van der Waals surface area contributed by atoms with Gasteiger partial charge in [-0.3, -0.25) is 4.57 Å². The first-order valence-corrected chi connectivity index (χ1v) is 6.40. The Hall–Kier alpha value is -2.96. The maximum Gasteiger partial charge on any atom is 0.182 e. The van der Waals surface area contributed by atoms with Gasteiger partial charge in [0, 0.05) is 0 Å². The van der Waals surface area contributed by atoms with Gasteiger partial charge in [0.25, 0.3) is 0 Å². The fraction of sp³-hybridized carbons (Fsp3) is 0. The van der Waals surface area contributed by atoms with Crippen molar-refractivity contribution in [1.82, 2.24) is 9.55 Å². The molecule has 0 saturated carbocycles. The molecule has 1 aromatic heterocycles. The fourth-order valence-corrected chi connectivity index (χ4v) is 2.48. The topological polar surface area (TPSA) is 68.3 Å². The summed E-state index contributed by atoms with van der Waals surface area (Å²) in [5.41, 5.74) is 2.25. The number of nitrogens with zero attached hydrogens (tertiary/aromatic N) is 3. The van der Waals surface area contributed by atoms with Gasteiger partial charge < -0.3 is 4.98 Å². The number of rotatable bonds is 1. The van der Waals surface area contributed by atoms with Gasteiger partial charge in [-0.05, 0) is 48.6 Å². The molecule has 0 aliphatic heterocycles. The number of imidazole rings is 1. The third-order valence-corrected chi connectivity index (χ3v) is 3.41. The van der Waals surface area contributed by atoms with Gasteiger partial charge >= 0.3 is 0 Å². The van der Waals surface area contributed by atoms with Crippen molar-refractivity contribution in [3.8, 4) is 17.8 Å². The number of halogens is 1. The molecule has 1 N–H and O–H groups in total. The van der Waals surface area contributed by atoms with Crippen molar-refractivity contribution in [2.75, 3.05) is 0 Å². The van der Waals surface area contributed by atoms with Gasteiger partial charge in [-0.1, -0.05) is 0 Å². The van der Waals surface area contributed by atoms with Gasteiger partial charge in [-0.15, -0.1) is 0 Å². The number of benzene rings is 2. The molecule has 3 rings (SSSR count). The lowest BCUT2D eigenvalue weighted by Crippen LogP contribution is -1.98. The van der Waals surface area contributed by atoms with Gasteiger partial charge in [-0.2, -0.15) is 10.5 Å². The monoisotopic (exact) mass is 294 g/mol. The first kappa shape index (κ1) is 13.0. The largest absolute Gasteiger partial charge is 0.330 e. The summed E-state index contributed by atoms with van der Waals surface area (Å²) in [7, 11) is 0. The fourth-order valence-electron chi connectivity index (χ4n) is 2.17. The Morgan fingerprint density at radius 2 is 1.71 bits per heavy atom. The third-order valence-electron chi connectivity index (χ3n) is 3.13. The highest BCUT2D eigenvalue weighted by Gasteiger charge is 2.12. The van der Waals surface area contributed by atoms with Crippen molar-refractivity contribution in [2.24, 2.45) is 0 Å². The van der Waals surface area contributed by atoms with Crippen LogP contribution in [0.3, 0.4) is 0 Å². The molecule has 0 fully saturated rings. The summed E-state index contributed by atoms with van der Waals surface area (Å²) >= 11 is 5.23. The summed E-state index contributed by atoms with van der Waals surface area (Å²) < 4.78 is 16.0. The van der Waals surface area contributed by atoms with Gasteiger partial charge in [0.2, 0.25) is 0 Å². The van der Waals surface area contributed by atoms with Crippen LogP contribution < -0.4 is 0 Å². The lowest BCUT2D eigenvalue weighted by atomic mass is 10.2. The zero-order chi connectivity index (χ0) is 15.0. The molecule has 0 spiro atoms. The van der Waals surface area contributed by atoms with Crippen molar-refractivity contribution in [3.63, 3.8) is 0 Å². The Kier molecular flexibility index (Phi) is 3.02. The molecule has 0 aliphatic carbocycles. The van der Waals surface area contributed by atoms with Crippen LogP contribution in [0.25, 0.3) is 16.7 Å². The average Bonchev–Trinajstić information content (AvgIpc) is 2.82. The van der Waals surface area contributed by atoms with Crippen molar-refractivity contribution < 1.29 is 4.39 Å². The number of aromatic amines is 1. The molecular weight excluding hydrogens is 287 g/mol. The first-order chi connectivity index (χ1) is 10.1. The molecule has 21 heavy (non-hydrogen) atoms. The minimum absolute atomic E-state index is 0.236. The zero-order valence-corrected chi connectivity index (χ0v) is 11.4. The van der Waals surface area contributed by atoms with E-state index in [0.717, 1.165) is 6.07 Å². The van der Waals surface area contributed by atoms with Crippen LogP contribution in [0.15, 0.2) is 36.4 Å². The smallest absolute Gasteiger partial charge is 0.182 e. The minimum Gasteiger partial charge on any atom is -0.330 e. The molecule has 6 heteroatoms. The van der Waals surface area contributed by atoms with Gasteiger partial charge in [0.1, 0.15) is 5.82 Å². The predicted octanol–water partition coefficient (Wildman–Crippen LogP) is 3.57. The molecule has 0 amide bonds. The molecular formula is C15H7FN4S. The second-order valence-corrected chi connectivity index (χ2v) is 4.77. The van der Waals surface area contributed by atoms with E-state index in [9.17, 15) is 4.39 Å². The lowest BCUT2D eigenvalue weighted by molar-refractivity contribution is 0.618. The summed E-state index contributed by atoms with van der Waals surface area (Å²) in [4.78, 5) is 2.97. The van der Waals surface area contributed by atoms with Gasteiger partial charge in [-0.25, -0.2) is 4.39 Å². The van der Waals surface area contributed by atoms with Gasteiger partial charge in [0.15, 0.2) is 4.77 Å². The van der Waals surface area contributed by atoms with E-state index in [-0.39, 0.29) is 11.3 Å². The predicted molar refractivity (Wildman–Crippen MR) is 77.8 cm³/mol. The van der Waals surface area contributed by atoms with Crippen LogP contribution in [-0.4, -0.2) is 9.55 Å². The Morgan fingerprint density at radius 3 is 2.38 bits per heavy atom. The van der Waals surface area contributed by atoms with Gasteiger partial charge in [0.05, 0.1) is 40.0 Å². The Labute approximate surface area is 124 Å². The highest BCUT2D eigenvalue weighted by atomic mass is 32.1.